The van der Waals surface area contributed by atoms with E-state index in [0.29, 0.717) is 0 Å². The molecule has 0 saturated carbocycles. The van der Waals surface area contributed by atoms with Gasteiger partial charge in [0.2, 0.25) is 0 Å². The van der Waals surface area contributed by atoms with Crippen LogP contribution in [0.4, 0.5) is 5.69 Å². The molecular weight excluding hydrogens is 172 g/mol. The van der Waals surface area contributed by atoms with E-state index in [1.54, 1.807) is 0 Å². The van der Waals surface area contributed by atoms with E-state index in [4.69, 9.17) is 0 Å². The molecule has 0 fully saturated rings. The SMILES string of the molecule is C=C1N(NC)c2ccccc2C1(C)C. The molecule has 0 aromatic heterocycles. The van der Waals surface area contributed by atoms with Gasteiger partial charge in [-0.2, -0.15) is 0 Å². The molecule has 0 atom stereocenters. The lowest BCUT2D eigenvalue weighted by atomic mass is 9.85. The lowest BCUT2D eigenvalue weighted by Gasteiger charge is -2.24. The second-order valence-electron chi connectivity index (χ2n) is 4.15. The smallest absolute Gasteiger partial charge is 0.0615 e. The molecule has 2 rings (SSSR count). The molecule has 0 spiro atoms. The molecule has 1 N–H and O–H groups in total. The summed E-state index contributed by atoms with van der Waals surface area (Å²) in [7, 11) is 1.92. The molecule has 0 unspecified atom stereocenters. The zero-order valence-corrected chi connectivity index (χ0v) is 8.96. The van der Waals surface area contributed by atoms with Gasteiger partial charge in [0, 0.05) is 18.2 Å². The summed E-state index contributed by atoms with van der Waals surface area (Å²) >= 11 is 0. The van der Waals surface area contributed by atoms with E-state index in [2.05, 4.69) is 55.1 Å². The van der Waals surface area contributed by atoms with Crippen molar-refractivity contribution in [3.8, 4) is 0 Å². The number of nitrogens with one attached hydrogen (secondary N) is 1. The molecule has 0 radical (unpaired) electrons. The Balaban J connectivity index is 2.62. The van der Waals surface area contributed by atoms with Crippen LogP contribution < -0.4 is 10.4 Å². The highest BCUT2D eigenvalue weighted by Crippen LogP contribution is 2.45. The lowest BCUT2D eigenvalue weighted by molar-refractivity contribution is 0.618. The Morgan fingerprint density at radius 1 is 1.29 bits per heavy atom. The van der Waals surface area contributed by atoms with Gasteiger partial charge in [0.15, 0.2) is 0 Å². The van der Waals surface area contributed by atoms with Crippen molar-refractivity contribution < 1.29 is 0 Å². The molecule has 2 nitrogen and oxygen atoms in total. The number of para-hydroxylation sites is 1. The third-order valence-electron chi connectivity index (χ3n) is 3.03. The van der Waals surface area contributed by atoms with Crippen LogP contribution in [0.2, 0.25) is 0 Å². The Morgan fingerprint density at radius 2 is 1.93 bits per heavy atom. The van der Waals surface area contributed by atoms with E-state index >= 15 is 0 Å². The number of hydrazine groups is 1. The van der Waals surface area contributed by atoms with Gasteiger partial charge in [0.25, 0.3) is 0 Å². The molecule has 0 aliphatic carbocycles. The molecule has 1 aromatic rings. The van der Waals surface area contributed by atoms with E-state index in [0.717, 1.165) is 5.70 Å². The maximum absolute atomic E-state index is 4.14. The first kappa shape index (κ1) is 9.28. The fraction of sp³-hybridized carbons (Fsp3) is 0.333. The zero-order valence-electron chi connectivity index (χ0n) is 8.96. The van der Waals surface area contributed by atoms with Crippen molar-refractivity contribution in [3.63, 3.8) is 0 Å². The monoisotopic (exact) mass is 188 g/mol. The lowest BCUT2D eigenvalue weighted by Crippen LogP contribution is -2.34. The number of hydrogen-bond donors (Lipinski definition) is 1. The van der Waals surface area contributed by atoms with Crippen LogP contribution in [0.5, 0.6) is 0 Å². The summed E-state index contributed by atoms with van der Waals surface area (Å²) in [6, 6.07) is 8.41. The highest BCUT2D eigenvalue weighted by atomic mass is 15.5. The van der Waals surface area contributed by atoms with Crippen LogP contribution in [0.1, 0.15) is 19.4 Å². The van der Waals surface area contributed by atoms with Gasteiger partial charge in [-0.3, -0.25) is 5.01 Å². The average Bonchev–Trinajstić information content (AvgIpc) is 2.37. The molecule has 0 saturated heterocycles. The number of hydrogen-bond acceptors (Lipinski definition) is 2. The molecule has 0 amide bonds. The van der Waals surface area contributed by atoms with E-state index in [-0.39, 0.29) is 5.41 Å². The predicted molar refractivity (Wildman–Crippen MR) is 60.1 cm³/mol. The number of rotatable bonds is 1. The summed E-state index contributed by atoms with van der Waals surface area (Å²) in [5, 5.41) is 2.05. The predicted octanol–water partition coefficient (Wildman–Crippen LogP) is 2.43. The van der Waals surface area contributed by atoms with Crippen LogP contribution in [0.3, 0.4) is 0 Å². The Hall–Kier alpha value is -1.28. The van der Waals surface area contributed by atoms with Crippen molar-refractivity contribution in [1.29, 1.82) is 0 Å². The third-order valence-corrected chi connectivity index (χ3v) is 3.03. The highest BCUT2D eigenvalue weighted by molar-refractivity contribution is 5.68. The van der Waals surface area contributed by atoms with Gasteiger partial charge < -0.3 is 0 Å². The fourth-order valence-corrected chi connectivity index (χ4v) is 2.03. The highest BCUT2D eigenvalue weighted by Gasteiger charge is 2.38. The Bertz CT molecular complexity index is 380. The van der Waals surface area contributed by atoms with Crippen molar-refractivity contribution >= 4 is 5.69 Å². The first-order valence-corrected chi connectivity index (χ1v) is 4.85. The topological polar surface area (TPSA) is 15.3 Å². The van der Waals surface area contributed by atoms with E-state index in [1.807, 2.05) is 7.05 Å². The zero-order chi connectivity index (χ0) is 10.3. The number of anilines is 1. The van der Waals surface area contributed by atoms with Gasteiger partial charge in [-0.1, -0.05) is 38.6 Å². The molecule has 1 aliphatic heterocycles. The summed E-state index contributed by atoms with van der Waals surface area (Å²) in [4.78, 5) is 0. The van der Waals surface area contributed by atoms with E-state index < -0.39 is 0 Å². The van der Waals surface area contributed by atoms with Crippen LogP contribution >= 0.6 is 0 Å². The van der Waals surface area contributed by atoms with Gasteiger partial charge >= 0.3 is 0 Å². The largest absolute Gasteiger partial charge is 0.281 e. The molecule has 0 bridgehead atoms. The average molecular weight is 188 g/mol. The number of fused-ring (bicyclic) bond motifs is 1. The Labute approximate surface area is 85.2 Å². The molecule has 2 heteroatoms. The molecule has 14 heavy (non-hydrogen) atoms. The molecular formula is C12H16N2. The molecule has 1 heterocycles. The Kier molecular flexibility index (Phi) is 1.89. The van der Waals surface area contributed by atoms with Gasteiger partial charge in [-0.15, -0.1) is 0 Å². The molecule has 74 valence electrons. The second-order valence-corrected chi connectivity index (χ2v) is 4.15. The first-order valence-electron chi connectivity index (χ1n) is 4.85. The van der Waals surface area contributed by atoms with Crippen LogP contribution in [0, 0.1) is 0 Å². The summed E-state index contributed by atoms with van der Waals surface area (Å²) in [6.45, 7) is 8.54. The summed E-state index contributed by atoms with van der Waals surface area (Å²) in [6.07, 6.45) is 0. The van der Waals surface area contributed by atoms with Crippen molar-refractivity contribution in [2.75, 3.05) is 12.1 Å². The van der Waals surface area contributed by atoms with Crippen molar-refractivity contribution in [3.05, 3.63) is 42.1 Å². The van der Waals surface area contributed by atoms with Crippen molar-refractivity contribution in [2.24, 2.45) is 0 Å². The first-order chi connectivity index (χ1) is 6.59. The van der Waals surface area contributed by atoms with Crippen LogP contribution in [-0.4, -0.2) is 7.05 Å². The number of allylic oxidation sites excluding steroid dienone is 1. The van der Waals surface area contributed by atoms with Crippen LogP contribution in [0.15, 0.2) is 36.5 Å². The standard InChI is InChI=1S/C12H16N2/c1-9-12(2,3)10-7-5-6-8-11(10)14(9)13-4/h5-8,13H,1H2,2-4H3. The fourth-order valence-electron chi connectivity index (χ4n) is 2.03. The Morgan fingerprint density at radius 3 is 2.57 bits per heavy atom. The van der Waals surface area contributed by atoms with E-state index in [1.165, 1.54) is 11.3 Å². The van der Waals surface area contributed by atoms with Gasteiger partial charge in [-0.25, -0.2) is 5.43 Å². The summed E-state index contributed by atoms with van der Waals surface area (Å²) < 4.78 is 0. The number of nitrogens with zero attached hydrogens (tertiary/aromatic N) is 1. The van der Waals surface area contributed by atoms with Crippen LogP contribution in [-0.2, 0) is 5.41 Å². The van der Waals surface area contributed by atoms with Gasteiger partial charge in [0.05, 0.1) is 5.69 Å². The summed E-state index contributed by atoms with van der Waals surface area (Å²) in [5.41, 5.74) is 6.83. The van der Waals surface area contributed by atoms with Crippen LogP contribution in [0.25, 0.3) is 0 Å². The third kappa shape index (κ3) is 1.01. The van der Waals surface area contributed by atoms with Gasteiger partial charge in [0.1, 0.15) is 0 Å². The molecule has 1 aromatic carbocycles. The normalized spacial score (nSPS) is 18.5. The summed E-state index contributed by atoms with van der Waals surface area (Å²) in [5.74, 6) is 0. The number of benzene rings is 1. The second kappa shape index (κ2) is 2.85. The maximum Gasteiger partial charge on any atom is 0.0615 e. The molecule has 1 aliphatic rings. The minimum Gasteiger partial charge on any atom is -0.281 e. The van der Waals surface area contributed by atoms with Crippen molar-refractivity contribution in [1.82, 2.24) is 5.43 Å². The van der Waals surface area contributed by atoms with Gasteiger partial charge in [-0.05, 0) is 11.6 Å². The maximum atomic E-state index is 4.14. The van der Waals surface area contributed by atoms with Crippen molar-refractivity contribution in [2.45, 2.75) is 19.3 Å². The minimum atomic E-state index is 0.0274. The minimum absolute atomic E-state index is 0.0274. The van der Waals surface area contributed by atoms with E-state index in [9.17, 15) is 0 Å². The quantitative estimate of drug-likeness (QED) is 0.728.